The Morgan fingerprint density at radius 3 is 2.70 bits per heavy atom. The molecule has 1 aliphatic rings. The molecule has 7 heteroatoms. The first-order valence-electron chi connectivity index (χ1n) is 7.38. The molecule has 2 N–H and O–H groups in total. The number of halogens is 1. The van der Waals surface area contributed by atoms with Gasteiger partial charge in [-0.25, -0.2) is 0 Å². The Bertz CT molecular complexity index is 673. The minimum atomic E-state index is -0.789. The number of nitro benzene ring substituents is 1. The third kappa shape index (κ3) is 4.60. The maximum atomic E-state index is 11.2. The van der Waals surface area contributed by atoms with Gasteiger partial charge < -0.3 is 10.5 Å². The zero-order valence-corrected chi connectivity index (χ0v) is 13.3. The number of primary amides is 1. The van der Waals surface area contributed by atoms with Gasteiger partial charge in [-0.2, -0.15) is 0 Å². The Hall–Kier alpha value is -2.26. The Morgan fingerprint density at radius 2 is 2.09 bits per heavy atom. The lowest BCUT2D eigenvalue weighted by atomic mass is 9.90. The SMILES string of the molecule is NC(=O)c1cc(OCC#CC2CCCCC2)c(Cl)c([N+](=O)[O-])c1. The van der Waals surface area contributed by atoms with Crippen LogP contribution in [0.1, 0.15) is 42.5 Å². The Labute approximate surface area is 139 Å². The van der Waals surface area contributed by atoms with E-state index in [1.54, 1.807) is 0 Å². The van der Waals surface area contributed by atoms with E-state index >= 15 is 0 Å². The number of nitrogens with two attached hydrogens (primary N) is 1. The monoisotopic (exact) mass is 336 g/mol. The van der Waals surface area contributed by atoms with E-state index in [1.807, 2.05) is 0 Å². The highest BCUT2D eigenvalue weighted by atomic mass is 35.5. The lowest BCUT2D eigenvalue weighted by Crippen LogP contribution is -2.12. The highest BCUT2D eigenvalue weighted by molar-refractivity contribution is 6.34. The van der Waals surface area contributed by atoms with Crippen molar-refractivity contribution in [3.63, 3.8) is 0 Å². The van der Waals surface area contributed by atoms with Crippen LogP contribution in [0.4, 0.5) is 5.69 Å². The van der Waals surface area contributed by atoms with Crippen LogP contribution in [-0.4, -0.2) is 17.4 Å². The third-order valence-electron chi connectivity index (χ3n) is 3.71. The maximum Gasteiger partial charge on any atom is 0.292 e. The molecule has 2 rings (SSSR count). The number of carbonyl (C=O) groups is 1. The van der Waals surface area contributed by atoms with E-state index in [0.717, 1.165) is 18.9 Å². The van der Waals surface area contributed by atoms with Crippen molar-refractivity contribution < 1.29 is 14.5 Å². The predicted octanol–water partition coefficient (Wildman–Crippen LogP) is 3.31. The second-order valence-electron chi connectivity index (χ2n) is 5.37. The zero-order chi connectivity index (χ0) is 16.8. The van der Waals surface area contributed by atoms with Gasteiger partial charge in [-0.05, 0) is 18.9 Å². The summed E-state index contributed by atoms with van der Waals surface area (Å²) in [5.41, 5.74) is 4.72. The highest BCUT2D eigenvalue weighted by Crippen LogP contribution is 2.35. The van der Waals surface area contributed by atoms with Gasteiger partial charge in [0.15, 0.2) is 5.02 Å². The van der Waals surface area contributed by atoms with Gasteiger partial charge in [0.05, 0.1) is 4.92 Å². The maximum absolute atomic E-state index is 11.2. The average Bonchev–Trinajstić information content (AvgIpc) is 2.53. The number of rotatable bonds is 4. The van der Waals surface area contributed by atoms with Crippen molar-refractivity contribution in [2.45, 2.75) is 32.1 Å². The van der Waals surface area contributed by atoms with Crippen molar-refractivity contribution in [3.8, 4) is 17.6 Å². The molecular weight excluding hydrogens is 320 g/mol. The van der Waals surface area contributed by atoms with Crippen LogP contribution < -0.4 is 10.5 Å². The fourth-order valence-corrected chi connectivity index (χ4v) is 2.74. The summed E-state index contributed by atoms with van der Waals surface area (Å²) in [4.78, 5) is 21.5. The van der Waals surface area contributed by atoms with Crippen molar-refractivity contribution in [3.05, 3.63) is 32.8 Å². The molecule has 0 unspecified atom stereocenters. The van der Waals surface area contributed by atoms with E-state index in [4.69, 9.17) is 22.1 Å². The molecule has 122 valence electrons. The molecule has 0 heterocycles. The number of ether oxygens (including phenoxy) is 1. The van der Waals surface area contributed by atoms with Gasteiger partial charge in [0.2, 0.25) is 5.91 Å². The molecule has 0 bridgehead atoms. The number of amides is 1. The first-order valence-corrected chi connectivity index (χ1v) is 7.75. The normalized spacial score (nSPS) is 14.7. The van der Waals surface area contributed by atoms with Crippen LogP contribution in [0, 0.1) is 27.9 Å². The van der Waals surface area contributed by atoms with Gasteiger partial charge in [-0.1, -0.05) is 42.7 Å². The van der Waals surface area contributed by atoms with Crippen LogP contribution in [0.2, 0.25) is 5.02 Å². The lowest BCUT2D eigenvalue weighted by molar-refractivity contribution is -0.384. The van der Waals surface area contributed by atoms with Crippen LogP contribution >= 0.6 is 11.6 Å². The van der Waals surface area contributed by atoms with Gasteiger partial charge in [0, 0.05) is 17.5 Å². The molecule has 0 spiro atoms. The number of hydrogen-bond donors (Lipinski definition) is 1. The van der Waals surface area contributed by atoms with Crippen LogP contribution in [-0.2, 0) is 0 Å². The van der Waals surface area contributed by atoms with E-state index in [2.05, 4.69) is 11.8 Å². The van der Waals surface area contributed by atoms with Crippen LogP contribution in [0.25, 0.3) is 0 Å². The number of benzene rings is 1. The Balaban J connectivity index is 2.11. The molecule has 0 radical (unpaired) electrons. The smallest absolute Gasteiger partial charge is 0.292 e. The summed E-state index contributed by atoms with van der Waals surface area (Å²) in [7, 11) is 0. The molecule has 0 saturated heterocycles. The summed E-state index contributed by atoms with van der Waals surface area (Å²) in [5.74, 6) is 5.68. The number of nitro groups is 1. The molecule has 23 heavy (non-hydrogen) atoms. The van der Waals surface area contributed by atoms with Crippen LogP contribution in [0.3, 0.4) is 0 Å². The summed E-state index contributed by atoms with van der Waals surface area (Å²) in [6, 6.07) is 2.32. The number of hydrogen-bond acceptors (Lipinski definition) is 4. The standard InChI is InChI=1S/C16H17ClN2O4/c17-15-13(19(21)22)9-12(16(18)20)10-14(15)23-8-4-7-11-5-2-1-3-6-11/h9-11H,1-3,5-6,8H2,(H2,18,20). The molecule has 1 aromatic rings. The van der Waals surface area contributed by atoms with Gasteiger partial charge in [-0.3, -0.25) is 14.9 Å². The average molecular weight is 337 g/mol. The van der Waals surface area contributed by atoms with Crippen LogP contribution in [0.5, 0.6) is 5.75 Å². The molecule has 0 atom stereocenters. The number of carbonyl (C=O) groups excluding carboxylic acids is 1. The van der Waals surface area contributed by atoms with Gasteiger partial charge in [0.1, 0.15) is 12.4 Å². The first kappa shape index (κ1) is 17.1. The Kier molecular flexibility index (Phi) is 5.83. The van der Waals surface area contributed by atoms with Crippen molar-refractivity contribution in [2.75, 3.05) is 6.61 Å². The van der Waals surface area contributed by atoms with Gasteiger partial charge in [-0.15, -0.1) is 0 Å². The molecule has 1 saturated carbocycles. The first-order chi connectivity index (χ1) is 11.0. The molecule has 1 fully saturated rings. The molecule has 1 aliphatic carbocycles. The third-order valence-corrected chi connectivity index (χ3v) is 4.09. The largest absolute Gasteiger partial charge is 0.479 e. The topological polar surface area (TPSA) is 95.5 Å². The lowest BCUT2D eigenvalue weighted by Gasteiger charge is -2.15. The summed E-state index contributed by atoms with van der Waals surface area (Å²) in [6.07, 6.45) is 5.83. The minimum Gasteiger partial charge on any atom is -0.479 e. The molecule has 6 nitrogen and oxygen atoms in total. The molecule has 1 aromatic carbocycles. The zero-order valence-electron chi connectivity index (χ0n) is 12.5. The summed E-state index contributed by atoms with van der Waals surface area (Å²) in [6.45, 7) is 0.0512. The molecule has 1 amide bonds. The van der Waals surface area contributed by atoms with Gasteiger partial charge in [0.25, 0.3) is 5.69 Å². The van der Waals surface area contributed by atoms with Gasteiger partial charge >= 0.3 is 0 Å². The van der Waals surface area contributed by atoms with Crippen molar-refractivity contribution >= 4 is 23.2 Å². The Morgan fingerprint density at radius 1 is 1.39 bits per heavy atom. The van der Waals surface area contributed by atoms with E-state index in [9.17, 15) is 14.9 Å². The molecule has 0 aliphatic heterocycles. The quantitative estimate of drug-likeness (QED) is 0.518. The van der Waals surface area contributed by atoms with E-state index in [0.29, 0.717) is 5.92 Å². The van der Waals surface area contributed by atoms with Crippen molar-refractivity contribution in [1.29, 1.82) is 0 Å². The van der Waals surface area contributed by atoms with E-state index < -0.39 is 16.5 Å². The van der Waals surface area contributed by atoms with Crippen LogP contribution in [0.15, 0.2) is 12.1 Å². The summed E-state index contributed by atoms with van der Waals surface area (Å²) >= 11 is 5.94. The second kappa shape index (κ2) is 7.84. The fraction of sp³-hybridized carbons (Fsp3) is 0.438. The second-order valence-corrected chi connectivity index (χ2v) is 5.75. The van der Waals surface area contributed by atoms with Crippen molar-refractivity contribution in [1.82, 2.24) is 0 Å². The van der Waals surface area contributed by atoms with E-state index in [1.165, 1.54) is 25.3 Å². The molecule has 0 aromatic heterocycles. The minimum absolute atomic E-state index is 0.0312. The predicted molar refractivity (Wildman–Crippen MR) is 86.5 cm³/mol. The van der Waals surface area contributed by atoms with Crippen molar-refractivity contribution in [2.24, 2.45) is 11.7 Å². The van der Waals surface area contributed by atoms with E-state index in [-0.39, 0.29) is 22.9 Å². The summed E-state index contributed by atoms with van der Waals surface area (Å²) in [5, 5.41) is 10.8. The fourth-order valence-electron chi connectivity index (χ4n) is 2.51. The molecular formula is C16H17ClN2O4. The highest BCUT2D eigenvalue weighted by Gasteiger charge is 2.21. The summed E-state index contributed by atoms with van der Waals surface area (Å²) < 4.78 is 5.39. The number of nitrogens with zero attached hydrogens (tertiary/aromatic N) is 1.